The highest BCUT2D eigenvalue weighted by Crippen LogP contribution is 2.35. The van der Waals surface area contributed by atoms with Gasteiger partial charge in [-0.3, -0.25) is 0 Å². The smallest absolute Gasteiger partial charge is 0.378 e. The van der Waals surface area contributed by atoms with Crippen LogP contribution in [0.5, 0.6) is 0 Å². The third-order valence-electron chi connectivity index (χ3n) is 5.41. The molecular formula is C23H20F3N5O. The Hall–Kier alpha value is -3.59. The van der Waals surface area contributed by atoms with Gasteiger partial charge in [-0.15, -0.1) is 0 Å². The van der Waals surface area contributed by atoms with Crippen molar-refractivity contribution in [3.05, 3.63) is 72.6 Å². The third kappa shape index (κ3) is 3.99. The first-order valence-electron chi connectivity index (χ1n) is 10.2. The second-order valence-corrected chi connectivity index (χ2v) is 7.47. The first-order valence-corrected chi connectivity index (χ1v) is 10.2. The second kappa shape index (κ2) is 8.16. The fourth-order valence-electron chi connectivity index (χ4n) is 3.80. The van der Waals surface area contributed by atoms with Crippen molar-refractivity contribution < 1.29 is 17.9 Å². The fraction of sp³-hybridized carbons (Fsp3) is 0.217. The van der Waals surface area contributed by atoms with Crippen molar-refractivity contribution in [1.29, 1.82) is 0 Å². The molecule has 6 nitrogen and oxygen atoms in total. The summed E-state index contributed by atoms with van der Waals surface area (Å²) in [6.07, 6.45) is -2.17. The Morgan fingerprint density at radius 1 is 0.938 bits per heavy atom. The van der Waals surface area contributed by atoms with Crippen molar-refractivity contribution in [2.24, 2.45) is 0 Å². The molecule has 0 spiro atoms. The molecule has 1 N–H and O–H groups in total. The van der Waals surface area contributed by atoms with E-state index in [0.717, 1.165) is 36.0 Å². The lowest BCUT2D eigenvalue weighted by molar-refractivity contribution is -0.137. The summed E-state index contributed by atoms with van der Waals surface area (Å²) < 4.78 is 47.8. The number of morpholine rings is 1. The van der Waals surface area contributed by atoms with Crippen LogP contribution in [0.4, 0.5) is 30.4 Å². The van der Waals surface area contributed by atoms with E-state index in [0.29, 0.717) is 24.5 Å². The summed E-state index contributed by atoms with van der Waals surface area (Å²) in [4.78, 5) is 6.23. The summed E-state index contributed by atoms with van der Waals surface area (Å²) in [5.74, 6) is 0.298. The normalized spacial score (nSPS) is 14.7. The van der Waals surface area contributed by atoms with Crippen LogP contribution in [-0.4, -0.2) is 41.1 Å². The zero-order chi connectivity index (χ0) is 22.1. The number of nitrogens with one attached hydrogen (secondary N) is 1. The Morgan fingerprint density at radius 2 is 1.69 bits per heavy atom. The van der Waals surface area contributed by atoms with Gasteiger partial charge in [0.25, 0.3) is 0 Å². The molecule has 0 amide bonds. The van der Waals surface area contributed by atoms with E-state index in [2.05, 4.69) is 20.3 Å². The number of nitrogens with zero attached hydrogens (tertiary/aromatic N) is 4. The van der Waals surface area contributed by atoms with E-state index in [1.807, 2.05) is 36.4 Å². The van der Waals surface area contributed by atoms with Crippen LogP contribution in [-0.2, 0) is 10.9 Å². The molecule has 1 aliphatic heterocycles. The van der Waals surface area contributed by atoms with Gasteiger partial charge >= 0.3 is 6.18 Å². The minimum atomic E-state index is -4.56. The van der Waals surface area contributed by atoms with Crippen LogP contribution in [0.3, 0.4) is 0 Å². The van der Waals surface area contributed by atoms with Crippen molar-refractivity contribution in [3.63, 3.8) is 0 Å². The molecule has 164 valence electrons. The summed E-state index contributed by atoms with van der Waals surface area (Å²) in [6, 6.07) is 16.2. The Kier molecular flexibility index (Phi) is 5.18. The molecule has 2 aromatic heterocycles. The lowest BCUT2D eigenvalue weighted by Crippen LogP contribution is -2.36. The molecule has 9 heteroatoms. The Bertz CT molecular complexity index is 1230. The first kappa shape index (κ1) is 20.3. The SMILES string of the molecule is FC(F)(F)c1cnc(Nc2ccc(N3CCOCC3)cc2)cc1-n1ncc2ccccc21. The van der Waals surface area contributed by atoms with E-state index in [9.17, 15) is 13.2 Å². The topological polar surface area (TPSA) is 55.2 Å². The Morgan fingerprint density at radius 3 is 2.44 bits per heavy atom. The summed E-state index contributed by atoms with van der Waals surface area (Å²) in [5.41, 5.74) is 1.46. The lowest BCUT2D eigenvalue weighted by Gasteiger charge is -2.28. The van der Waals surface area contributed by atoms with E-state index in [1.165, 1.54) is 10.7 Å². The fourth-order valence-corrected chi connectivity index (χ4v) is 3.80. The maximum absolute atomic E-state index is 13.7. The van der Waals surface area contributed by atoms with Crippen molar-refractivity contribution >= 4 is 28.1 Å². The largest absolute Gasteiger partial charge is 0.419 e. The number of anilines is 3. The van der Waals surface area contributed by atoms with Gasteiger partial charge in [0.15, 0.2) is 0 Å². The summed E-state index contributed by atoms with van der Waals surface area (Å²) in [5, 5.41) is 8.05. The number of ether oxygens (including phenoxy) is 1. The molecule has 0 aliphatic carbocycles. The first-order chi connectivity index (χ1) is 15.5. The quantitative estimate of drug-likeness (QED) is 0.484. The van der Waals surface area contributed by atoms with E-state index in [1.54, 1.807) is 18.3 Å². The standard InChI is InChI=1S/C23H20F3N5O/c24-23(25,26)19-15-27-22(13-21(19)31-20-4-2-1-3-16(20)14-28-31)29-17-5-7-18(8-6-17)30-9-11-32-12-10-30/h1-8,13-15H,9-12H2,(H,27,29). The number of benzene rings is 2. The maximum Gasteiger partial charge on any atom is 0.419 e. The highest BCUT2D eigenvalue weighted by molar-refractivity contribution is 5.80. The monoisotopic (exact) mass is 439 g/mol. The van der Waals surface area contributed by atoms with Crippen molar-refractivity contribution in [3.8, 4) is 5.69 Å². The molecular weight excluding hydrogens is 419 g/mol. The highest BCUT2D eigenvalue weighted by Gasteiger charge is 2.35. The number of aromatic nitrogens is 3. The van der Waals surface area contributed by atoms with Gasteiger partial charge in [0, 0.05) is 42.1 Å². The van der Waals surface area contributed by atoms with Gasteiger partial charge in [0.2, 0.25) is 0 Å². The van der Waals surface area contributed by atoms with Crippen molar-refractivity contribution in [2.75, 3.05) is 36.5 Å². The van der Waals surface area contributed by atoms with Crippen LogP contribution in [0.2, 0.25) is 0 Å². The number of hydrogen-bond donors (Lipinski definition) is 1. The molecule has 5 rings (SSSR count). The number of fused-ring (bicyclic) bond motifs is 1. The molecule has 0 bridgehead atoms. The van der Waals surface area contributed by atoms with Gasteiger partial charge in [0.1, 0.15) is 5.82 Å². The van der Waals surface area contributed by atoms with Crippen molar-refractivity contribution in [1.82, 2.24) is 14.8 Å². The van der Waals surface area contributed by atoms with Crippen LogP contribution in [0.1, 0.15) is 5.56 Å². The maximum atomic E-state index is 13.7. The zero-order valence-corrected chi connectivity index (χ0v) is 17.0. The number of rotatable bonds is 4. The van der Waals surface area contributed by atoms with Crippen molar-refractivity contribution in [2.45, 2.75) is 6.18 Å². The lowest BCUT2D eigenvalue weighted by atomic mass is 10.2. The van der Waals surface area contributed by atoms with Gasteiger partial charge in [-0.2, -0.15) is 18.3 Å². The number of pyridine rings is 1. The molecule has 1 fully saturated rings. The molecule has 4 aromatic rings. The predicted molar refractivity (Wildman–Crippen MR) is 117 cm³/mol. The molecule has 3 heterocycles. The zero-order valence-electron chi connectivity index (χ0n) is 17.0. The molecule has 32 heavy (non-hydrogen) atoms. The van der Waals surface area contributed by atoms with Gasteiger partial charge in [0.05, 0.1) is 36.2 Å². The number of hydrogen-bond acceptors (Lipinski definition) is 5. The summed E-state index contributed by atoms with van der Waals surface area (Å²) in [6.45, 7) is 3.05. The van der Waals surface area contributed by atoms with Gasteiger partial charge in [-0.1, -0.05) is 18.2 Å². The van der Waals surface area contributed by atoms with Crippen LogP contribution in [0.25, 0.3) is 16.6 Å². The van der Waals surface area contributed by atoms with Gasteiger partial charge in [-0.25, -0.2) is 9.67 Å². The molecule has 0 radical (unpaired) electrons. The average molecular weight is 439 g/mol. The van der Waals surface area contributed by atoms with E-state index >= 15 is 0 Å². The molecule has 1 aliphatic rings. The predicted octanol–water partition coefficient (Wildman–Crippen LogP) is 5.02. The molecule has 0 saturated carbocycles. The average Bonchev–Trinajstić information content (AvgIpc) is 3.24. The minimum Gasteiger partial charge on any atom is -0.378 e. The van der Waals surface area contributed by atoms with E-state index < -0.39 is 11.7 Å². The molecule has 1 saturated heterocycles. The number of alkyl halides is 3. The van der Waals surface area contributed by atoms with Crippen LogP contribution >= 0.6 is 0 Å². The van der Waals surface area contributed by atoms with Crippen LogP contribution in [0, 0.1) is 0 Å². The van der Waals surface area contributed by atoms with Crippen LogP contribution < -0.4 is 10.2 Å². The van der Waals surface area contributed by atoms with E-state index in [4.69, 9.17) is 4.74 Å². The second-order valence-electron chi connectivity index (χ2n) is 7.47. The highest BCUT2D eigenvalue weighted by atomic mass is 19.4. The third-order valence-corrected chi connectivity index (χ3v) is 5.41. The number of halogens is 3. The molecule has 2 aromatic carbocycles. The molecule has 0 unspecified atom stereocenters. The Balaban J connectivity index is 1.47. The van der Waals surface area contributed by atoms with E-state index in [-0.39, 0.29) is 5.69 Å². The summed E-state index contributed by atoms with van der Waals surface area (Å²) in [7, 11) is 0. The molecule has 0 atom stereocenters. The van der Waals surface area contributed by atoms with Gasteiger partial charge < -0.3 is 15.0 Å². The van der Waals surface area contributed by atoms with Crippen LogP contribution in [0.15, 0.2) is 67.0 Å². The minimum absolute atomic E-state index is 0.0823. The Labute approximate surface area is 182 Å². The van der Waals surface area contributed by atoms with Gasteiger partial charge in [-0.05, 0) is 30.3 Å². The summed E-state index contributed by atoms with van der Waals surface area (Å²) >= 11 is 0. The number of para-hydroxylation sites is 1.